The van der Waals surface area contributed by atoms with Gasteiger partial charge < -0.3 is 9.30 Å². The number of hydrogen-bond donors (Lipinski definition) is 0. The summed E-state index contributed by atoms with van der Waals surface area (Å²) in [5.74, 6) is -0.800. The quantitative estimate of drug-likeness (QED) is 0.219. The van der Waals surface area contributed by atoms with Crippen molar-refractivity contribution in [2.24, 2.45) is 0 Å². The molecule has 0 bridgehead atoms. The molecular weight excluding hydrogens is 519 g/mol. The van der Waals surface area contributed by atoms with Crippen molar-refractivity contribution in [3.8, 4) is 11.3 Å². The second-order valence-corrected chi connectivity index (χ2v) is 9.49. The van der Waals surface area contributed by atoms with Crippen LogP contribution in [-0.2, 0) is 17.5 Å². The van der Waals surface area contributed by atoms with Crippen LogP contribution in [0.2, 0.25) is 0 Å². The van der Waals surface area contributed by atoms with E-state index in [4.69, 9.17) is 9.72 Å². The number of rotatable bonds is 4. The van der Waals surface area contributed by atoms with Gasteiger partial charge in [-0.1, -0.05) is 48.5 Å². The summed E-state index contributed by atoms with van der Waals surface area (Å²) >= 11 is 0. The third kappa shape index (κ3) is 4.10. The Hall–Kier alpha value is -4.92. The second kappa shape index (κ2) is 9.37. The van der Waals surface area contributed by atoms with Crippen LogP contribution in [0.3, 0.4) is 0 Å². The molecule has 9 heteroatoms. The molecule has 0 aliphatic heterocycles. The van der Waals surface area contributed by atoms with Crippen molar-refractivity contribution < 1.29 is 27.5 Å². The van der Waals surface area contributed by atoms with E-state index in [1.54, 1.807) is 12.3 Å². The van der Waals surface area contributed by atoms with E-state index < -0.39 is 17.7 Å². The number of aromatic nitrogens is 3. The Kier molecular flexibility index (Phi) is 5.94. The van der Waals surface area contributed by atoms with Gasteiger partial charge in [0.2, 0.25) is 5.91 Å². The van der Waals surface area contributed by atoms with Gasteiger partial charge in [-0.05, 0) is 35.9 Å². The highest BCUT2D eigenvalue weighted by Gasteiger charge is 2.30. The zero-order chi connectivity index (χ0) is 28.2. The van der Waals surface area contributed by atoms with Gasteiger partial charge in [0.25, 0.3) is 0 Å². The number of hydrogen-bond acceptors (Lipinski definition) is 4. The van der Waals surface area contributed by atoms with Crippen LogP contribution in [0.5, 0.6) is 0 Å². The molecule has 0 saturated heterocycles. The molecule has 6 rings (SSSR count). The van der Waals surface area contributed by atoms with E-state index >= 15 is 0 Å². The summed E-state index contributed by atoms with van der Waals surface area (Å²) in [7, 11) is 1.28. The molecule has 0 aliphatic rings. The van der Waals surface area contributed by atoms with Gasteiger partial charge in [-0.2, -0.15) is 13.2 Å². The molecule has 0 fully saturated rings. The Labute approximate surface area is 226 Å². The first-order valence-corrected chi connectivity index (χ1v) is 12.4. The van der Waals surface area contributed by atoms with Gasteiger partial charge in [0.15, 0.2) is 0 Å². The number of carbonyl (C=O) groups is 2. The number of nitrogens with zero attached hydrogens (tertiary/aromatic N) is 3. The Morgan fingerprint density at radius 1 is 0.875 bits per heavy atom. The number of methoxy groups -OCH3 is 1. The molecule has 0 atom stereocenters. The van der Waals surface area contributed by atoms with E-state index in [1.165, 1.54) is 30.7 Å². The molecule has 200 valence electrons. The fourth-order valence-electron chi connectivity index (χ4n) is 5.25. The third-order valence-corrected chi connectivity index (χ3v) is 7.07. The van der Waals surface area contributed by atoms with E-state index in [2.05, 4.69) is 0 Å². The van der Waals surface area contributed by atoms with Crippen LogP contribution in [0.4, 0.5) is 13.2 Å². The van der Waals surface area contributed by atoms with E-state index in [-0.39, 0.29) is 18.1 Å². The van der Waals surface area contributed by atoms with Crippen LogP contribution < -0.4 is 0 Å². The lowest BCUT2D eigenvalue weighted by Crippen LogP contribution is -2.08. The molecule has 0 aliphatic carbocycles. The molecule has 0 radical (unpaired) electrons. The number of alkyl halides is 3. The molecule has 0 N–H and O–H groups in total. The molecule has 0 amide bonds. The molecule has 6 nitrogen and oxygen atoms in total. The Morgan fingerprint density at radius 3 is 2.17 bits per heavy atom. The number of fused-ring (bicyclic) bond motifs is 4. The molecule has 6 aromatic rings. The molecule has 40 heavy (non-hydrogen) atoms. The summed E-state index contributed by atoms with van der Waals surface area (Å²) in [5.41, 5.74) is 3.31. The molecule has 3 aromatic heterocycles. The number of pyridine rings is 1. The van der Waals surface area contributed by atoms with Crippen LogP contribution in [0.15, 0.2) is 85.1 Å². The Balaban J connectivity index is 1.68. The molecule has 0 saturated carbocycles. The number of benzene rings is 3. The van der Waals surface area contributed by atoms with Crippen molar-refractivity contribution in [2.75, 3.05) is 7.11 Å². The first-order chi connectivity index (χ1) is 19.2. The van der Waals surface area contributed by atoms with Gasteiger partial charge in [0.05, 0.1) is 29.4 Å². The van der Waals surface area contributed by atoms with Crippen molar-refractivity contribution in [2.45, 2.75) is 19.6 Å². The molecule has 0 unspecified atom stereocenters. The van der Waals surface area contributed by atoms with E-state index in [9.17, 15) is 22.8 Å². The Morgan fingerprint density at radius 2 is 1.52 bits per heavy atom. The first kappa shape index (κ1) is 25.4. The standard InChI is InChI=1S/C31H22F3N3O3/c1-18(38)36-17-24(22-8-4-5-9-26(22)36)28-29-23(15-25(35-28)30(39)40-2)21-7-3-6-10-27(21)37(29)16-19-11-13-20(14-12-19)31(32,33)34/h3-15,17H,16H2,1-2H3. The van der Waals surface area contributed by atoms with Crippen LogP contribution in [-0.4, -0.2) is 33.1 Å². The summed E-state index contributed by atoms with van der Waals surface area (Å²) in [6, 6.07) is 21.7. The largest absolute Gasteiger partial charge is 0.464 e. The van der Waals surface area contributed by atoms with Gasteiger partial charge >= 0.3 is 12.1 Å². The predicted molar refractivity (Wildman–Crippen MR) is 146 cm³/mol. The zero-order valence-electron chi connectivity index (χ0n) is 21.5. The minimum atomic E-state index is -4.43. The Bertz CT molecular complexity index is 1950. The van der Waals surface area contributed by atoms with Gasteiger partial charge in [0, 0.05) is 46.9 Å². The van der Waals surface area contributed by atoms with Gasteiger partial charge in [-0.25, -0.2) is 9.78 Å². The fraction of sp³-hybridized carbons (Fsp3) is 0.129. The van der Waals surface area contributed by atoms with Gasteiger partial charge in [-0.3, -0.25) is 9.36 Å². The lowest BCUT2D eigenvalue weighted by atomic mass is 10.1. The summed E-state index contributed by atoms with van der Waals surface area (Å²) in [6.45, 7) is 1.71. The smallest absolute Gasteiger partial charge is 0.416 e. The molecule has 3 aromatic carbocycles. The molecule has 0 spiro atoms. The highest BCUT2D eigenvalue weighted by molar-refractivity contribution is 6.16. The number of carbonyl (C=O) groups excluding carboxylic acids is 2. The van der Waals surface area contributed by atoms with Crippen molar-refractivity contribution in [1.29, 1.82) is 0 Å². The average molecular weight is 542 g/mol. The minimum absolute atomic E-state index is 0.0992. The van der Waals surface area contributed by atoms with Crippen molar-refractivity contribution in [3.63, 3.8) is 0 Å². The van der Waals surface area contributed by atoms with Crippen LogP contribution in [0, 0.1) is 0 Å². The van der Waals surface area contributed by atoms with E-state index in [1.807, 2.05) is 53.1 Å². The monoisotopic (exact) mass is 541 g/mol. The number of halogens is 3. The average Bonchev–Trinajstić information content (AvgIpc) is 3.49. The predicted octanol–water partition coefficient (Wildman–Crippen LogP) is 7.33. The van der Waals surface area contributed by atoms with E-state index in [0.29, 0.717) is 27.9 Å². The maximum Gasteiger partial charge on any atom is 0.416 e. The summed E-state index contributed by atoms with van der Waals surface area (Å²) in [4.78, 5) is 30.0. The van der Waals surface area contributed by atoms with Crippen molar-refractivity contribution >= 4 is 44.6 Å². The summed E-state index contributed by atoms with van der Waals surface area (Å²) < 4.78 is 48.1. The van der Waals surface area contributed by atoms with Gasteiger partial charge in [0.1, 0.15) is 5.69 Å². The maximum absolute atomic E-state index is 13.2. The highest BCUT2D eigenvalue weighted by Crippen LogP contribution is 2.39. The van der Waals surface area contributed by atoms with Crippen LogP contribution in [0.1, 0.15) is 33.3 Å². The topological polar surface area (TPSA) is 66.1 Å². The normalized spacial score (nSPS) is 11.9. The third-order valence-electron chi connectivity index (χ3n) is 7.07. The lowest BCUT2D eigenvalue weighted by Gasteiger charge is -2.13. The number of esters is 1. The molecular formula is C31H22F3N3O3. The van der Waals surface area contributed by atoms with Crippen LogP contribution in [0.25, 0.3) is 44.0 Å². The lowest BCUT2D eigenvalue weighted by molar-refractivity contribution is -0.137. The van der Waals surface area contributed by atoms with Crippen LogP contribution >= 0.6 is 0 Å². The number of para-hydroxylation sites is 2. The highest BCUT2D eigenvalue weighted by atomic mass is 19.4. The van der Waals surface area contributed by atoms with E-state index in [0.717, 1.165) is 33.8 Å². The zero-order valence-corrected chi connectivity index (χ0v) is 21.5. The summed E-state index contributed by atoms with van der Waals surface area (Å²) in [6.07, 6.45) is -2.73. The van der Waals surface area contributed by atoms with Crippen molar-refractivity contribution in [1.82, 2.24) is 14.1 Å². The fourth-order valence-corrected chi connectivity index (χ4v) is 5.25. The first-order valence-electron chi connectivity index (χ1n) is 12.4. The molecule has 3 heterocycles. The van der Waals surface area contributed by atoms with Gasteiger partial charge in [-0.15, -0.1) is 0 Å². The maximum atomic E-state index is 13.2. The summed E-state index contributed by atoms with van der Waals surface area (Å²) in [5, 5.41) is 2.33. The SMILES string of the molecule is COC(=O)c1cc2c3ccccc3n(Cc3ccc(C(F)(F)F)cc3)c2c(-c2cn(C(C)=O)c3ccccc23)n1. The van der Waals surface area contributed by atoms with Crippen molar-refractivity contribution in [3.05, 3.63) is 102 Å². The number of ether oxygens (including phenoxy) is 1. The second-order valence-electron chi connectivity index (χ2n) is 9.49. The minimum Gasteiger partial charge on any atom is -0.464 e.